The molecule has 0 atom stereocenters. The van der Waals surface area contributed by atoms with Gasteiger partial charge in [0.15, 0.2) is 5.78 Å². The number of esters is 1. The molecule has 198 valence electrons. The highest BCUT2D eigenvalue weighted by Crippen LogP contribution is 2.31. The highest BCUT2D eigenvalue weighted by atomic mass is 16.5. The van der Waals surface area contributed by atoms with E-state index in [0.29, 0.717) is 28.0 Å². The standard InChI is InChI=1S/C30H28N4O5/c1-39-30(38)21-14-12-20(13-15-21)25(35)18-33-26-16-24(19-8-4-2-5-9-19)31-34(26)28(36)23-17-32(29(37)27(23)33)22-10-6-3-7-11-22/h2,4-5,8-9,12-16,22H,3,6-7,10-11,17-18H2,1H3. The highest BCUT2D eigenvalue weighted by molar-refractivity contribution is 6.01. The minimum atomic E-state index is -0.491. The van der Waals surface area contributed by atoms with Gasteiger partial charge >= 0.3 is 5.97 Å². The number of ether oxygens (including phenoxy) is 1. The smallest absolute Gasteiger partial charge is 0.337 e. The molecule has 39 heavy (non-hydrogen) atoms. The van der Waals surface area contributed by atoms with Crippen LogP contribution in [-0.2, 0) is 17.8 Å². The van der Waals surface area contributed by atoms with E-state index in [4.69, 9.17) is 4.74 Å². The van der Waals surface area contributed by atoms with E-state index in [0.717, 1.165) is 37.7 Å². The van der Waals surface area contributed by atoms with Gasteiger partial charge in [-0.15, -0.1) is 0 Å². The number of hydrogen-bond acceptors (Lipinski definition) is 6. The van der Waals surface area contributed by atoms with Crippen molar-refractivity contribution in [3.63, 3.8) is 0 Å². The molecule has 9 heteroatoms. The van der Waals surface area contributed by atoms with E-state index in [1.54, 1.807) is 27.7 Å². The Morgan fingerprint density at radius 3 is 2.33 bits per heavy atom. The SMILES string of the molecule is COC(=O)c1ccc(C(=O)Cn2c3c(c(=O)n4nc(-c5ccccc5)cc24)CN(C2CCCCC2)C3=O)cc1. The third-order valence-electron chi connectivity index (χ3n) is 7.78. The molecule has 2 aromatic heterocycles. The molecule has 1 saturated carbocycles. The molecule has 0 spiro atoms. The number of methoxy groups -OCH3 is 1. The Bertz CT molecular complexity index is 1650. The molecular formula is C30H28N4O5. The molecule has 9 nitrogen and oxygen atoms in total. The number of Topliss-reactive ketones (excluding diaryl/α,β-unsaturated/α-hetero) is 1. The van der Waals surface area contributed by atoms with Crippen molar-refractivity contribution in [3.05, 3.63) is 93.4 Å². The summed E-state index contributed by atoms with van der Waals surface area (Å²) >= 11 is 0. The average molecular weight is 525 g/mol. The van der Waals surface area contributed by atoms with Gasteiger partial charge in [0.05, 0.1) is 37.0 Å². The number of fused-ring (bicyclic) bond motifs is 2. The van der Waals surface area contributed by atoms with E-state index in [9.17, 15) is 19.2 Å². The molecule has 0 bridgehead atoms. The third kappa shape index (κ3) is 4.33. The minimum absolute atomic E-state index is 0.0836. The van der Waals surface area contributed by atoms with Crippen LogP contribution in [0.25, 0.3) is 16.9 Å². The van der Waals surface area contributed by atoms with Crippen molar-refractivity contribution < 1.29 is 19.1 Å². The predicted molar refractivity (Wildman–Crippen MR) is 144 cm³/mol. The number of carbonyl (C=O) groups is 3. The summed E-state index contributed by atoms with van der Waals surface area (Å²) in [4.78, 5) is 54.6. The van der Waals surface area contributed by atoms with Gasteiger partial charge in [-0.1, -0.05) is 61.7 Å². The van der Waals surface area contributed by atoms with E-state index in [2.05, 4.69) is 5.10 Å². The summed E-state index contributed by atoms with van der Waals surface area (Å²) in [5.41, 5.74) is 2.80. The molecule has 3 heterocycles. The molecule has 2 aromatic carbocycles. The van der Waals surface area contributed by atoms with Crippen molar-refractivity contribution in [1.29, 1.82) is 0 Å². The van der Waals surface area contributed by atoms with Gasteiger partial charge in [-0.3, -0.25) is 14.4 Å². The Balaban J connectivity index is 1.45. The van der Waals surface area contributed by atoms with Gasteiger partial charge in [0.25, 0.3) is 11.5 Å². The second-order valence-corrected chi connectivity index (χ2v) is 10.1. The maximum absolute atomic E-state index is 13.8. The topological polar surface area (TPSA) is 103 Å². The first-order chi connectivity index (χ1) is 19.0. The predicted octanol–water partition coefficient (Wildman–Crippen LogP) is 4.12. The van der Waals surface area contributed by atoms with Crippen LogP contribution in [0.4, 0.5) is 0 Å². The zero-order valence-corrected chi connectivity index (χ0v) is 21.6. The van der Waals surface area contributed by atoms with Crippen LogP contribution >= 0.6 is 0 Å². The quantitative estimate of drug-likeness (QED) is 0.278. The van der Waals surface area contributed by atoms with Crippen molar-refractivity contribution in [3.8, 4) is 11.3 Å². The lowest BCUT2D eigenvalue weighted by molar-refractivity contribution is 0.0599. The number of carbonyl (C=O) groups excluding carboxylic acids is 3. The fourth-order valence-electron chi connectivity index (χ4n) is 5.73. The molecule has 0 radical (unpaired) electrons. The normalized spacial score (nSPS) is 15.5. The fraction of sp³-hybridized carbons (Fsp3) is 0.300. The maximum Gasteiger partial charge on any atom is 0.337 e. The zero-order chi connectivity index (χ0) is 27.1. The number of rotatable bonds is 6. The zero-order valence-electron chi connectivity index (χ0n) is 21.6. The second kappa shape index (κ2) is 9.98. The number of ketones is 1. The lowest BCUT2D eigenvalue weighted by Crippen LogP contribution is -2.37. The Kier molecular flexibility index (Phi) is 6.34. The summed E-state index contributed by atoms with van der Waals surface area (Å²) in [6, 6.07) is 17.5. The minimum Gasteiger partial charge on any atom is -0.465 e. The average Bonchev–Trinajstić information content (AvgIpc) is 3.58. The number of hydrogen-bond donors (Lipinski definition) is 0. The first-order valence-electron chi connectivity index (χ1n) is 13.2. The molecule has 1 fully saturated rings. The van der Waals surface area contributed by atoms with Crippen LogP contribution in [0.5, 0.6) is 0 Å². The summed E-state index contributed by atoms with van der Waals surface area (Å²) in [6.07, 6.45) is 5.08. The van der Waals surface area contributed by atoms with Crippen LogP contribution < -0.4 is 5.56 Å². The second-order valence-electron chi connectivity index (χ2n) is 10.1. The Hall–Kier alpha value is -4.53. The molecule has 2 aliphatic rings. The molecule has 0 unspecified atom stereocenters. The molecule has 0 saturated heterocycles. The van der Waals surface area contributed by atoms with Crippen molar-refractivity contribution in [2.24, 2.45) is 0 Å². The third-order valence-corrected chi connectivity index (χ3v) is 7.78. The van der Waals surface area contributed by atoms with Crippen LogP contribution in [-0.4, -0.2) is 49.9 Å². The van der Waals surface area contributed by atoms with E-state index < -0.39 is 5.97 Å². The van der Waals surface area contributed by atoms with Gasteiger partial charge in [-0.2, -0.15) is 9.61 Å². The summed E-state index contributed by atoms with van der Waals surface area (Å²) in [5, 5.41) is 4.59. The molecule has 1 amide bonds. The van der Waals surface area contributed by atoms with Crippen LogP contribution in [0.15, 0.2) is 65.5 Å². The first kappa shape index (κ1) is 24.8. The van der Waals surface area contributed by atoms with Crippen molar-refractivity contribution in [1.82, 2.24) is 19.1 Å². The summed E-state index contributed by atoms with van der Waals surface area (Å²) < 4.78 is 7.69. The number of amides is 1. The molecule has 0 N–H and O–H groups in total. The van der Waals surface area contributed by atoms with Crippen LogP contribution in [0.2, 0.25) is 0 Å². The van der Waals surface area contributed by atoms with E-state index >= 15 is 0 Å². The van der Waals surface area contributed by atoms with Crippen molar-refractivity contribution in [2.45, 2.75) is 51.2 Å². The summed E-state index contributed by atoms with van der Waals surface area (Å²) in [7, 11) is 1.30. The number of aromatic nitrogens is 3. The molecule has 4 aromatic rings. The monoisotopic (exact) mass is 524 g/mol. The molecule has 1 aliphatic heterocycles. The lowest BCUT2D eigenvalue weighted by Gasteiger charge is -2.30. The summed E-state index contributed by atoms with van der Waals surface area (Å²) in [5.74, 6) is -0.964. The van der Waals surface area contributed by atoms with E-state index in [1.165, 1.54) is 23.8 Å². The Morgan fingerprint density at radius 1 is 0.949 bits per heavy atom. The highest BCUT2D eigenvalue weighted by Gasteiger charge is 2.39. The Labute approximate surface area is 224 Å². The lowest BCUT2D eigenvalue weighted by atomic mass is 9.94. The van der Waals surface area contributed by atoms with Gasteiger partial charge in [0.1, 0.15) is 11.3 Å². The van der Waals surface area contributed by atoms with Crippen molar-refractivity contribution in [2.75, 3.05) is 7.11 Å². The molecular weight excluding hydrogens is 496 g/mol. The number of nitrogens with zero attached hydrogens (tertiary/aromatic N) is 4. The van der Waals surface area contributed by atoms with Gasteiger partial charge < -0.3 is 14.2 Å². The molecule has 1 aliphatic carbocycles. The van der Waals surface area contributed by atoms with Gasteiger partial charge in [-0.25, -0.2) is 4.79 Å². The first-order valence-corrected chi connectivity index (χ1v) is 13.2. The maximum atomic E-state index is 13.8. The van der Waals surface area contributed by atoms with E-state index in [-0.39, 0.29) is 42.1 Å². The largest absolute Gasteiger partial charge is 0.465 e. The van der Waals surface area contributed by atoms with Crippen molar-refractivity contribution >= 4 is 23.3 Å². The Morgan fingerprint density at radius 2 is 1.64 bits per heavy atom. The fourth-order valence-corrected chi connectivity index (χ4v) is 5.73. The van der Waals surface area contributed by atoms with Crippen LogP contribution in [0.1, 0.15) is 68.9 Å². The van der Waals surface area contributed by atoms with Gasteiger partial charge in [0.2, 0.25) is 0 Å². The van der Waals surface area contributed by atoms with Gasteiger partial charge in [0, 0.05) is 23.2 Å². The summed E-state index contributed by atoms with van der Waals surface area (Å²) in [6.45, 7) is 0.0595. The van der Waals surface area contributed by atoms with E-state index in [1.807, 2.05) is 30.3 Å². The number of benzene rings is 2. The van der Waals surface area contributed by atoms with Crippen LogP contribution in [0, 0.1) is 0 Å². The van der Waals surface area contributed by atoms with Crippen LogP contribution in [0.3, 0.4) is 0 Å². The molecule has 6 rings (SSSR count). The van der Waals surface area contributed by atoms with Gasteiger partial charge in [-0.05, 0) is 25.0 Å².